The third kappa shape index (κ3) is 6.67. The second-order valence-corrected chi connectivity index (χ2v) is 6.53. The average Bonchev–Trinajstić information content (AvgIpc) is 2.64. The monoisotopic (exact) mass is 452 g/mol. The lowest BCUT2D eigenvalue weighted by molar-refractivity contribution is -0.274. The third-order valence-corrected chi connectivity index (χ3v) is 4.72. The fraction of sp³-hybridized carbons (Fsp3) is 0.400. The van der Waals surface area contributed by atoms with E-state index in [-0.39, 0.29) is 36.6 Å². The third-order valence-electron chi connectivity index (χ3n) is 4.72. The molecule has 0 saturated carbocycles. The molecule has 2 aromatic carbocycles. The maximum atomic E-state index is 12.4. The maximum absolute atomic E-state index is 12.4. The van der Waals surface area contributed by atoms with Crippen LogP contribution < -0.4 is 14.8 Å². The Morgan fingerprint density at radius 1 is 0.966 bits per heavy atom. The summed E-state index contributed by atoms with van der Waals surface area (Å²) in [5.74, 6) is 0.570. The van der Waals surface area contributed by atoms with Crippen LogP contribution in [0.25, 0.3) is 0 Å². The van der Waals surface area contributed by atoms with Gasteiger partial charge < -0.3 is 14.8 Å². The normalized spacial score (nSPS) is 15.6. The van der Waals surface area contributed by atoms with Crippen LogP contribution in [0, 0.1) is 6.92 Å². The Morgan fingerprint density at radius 2 is 1.55 bits per heavy atom. The van der Waals surface area contributed by atoms with E-state index in [9.17, 15) is 13.2 Å². The maximum Gasteiger partial charge on any atom is 0.573 e. The molecule has 4 nitrogen and oxygen atoms in total. The quantitative estimate of drug-likeness (QED) is 0.710. The van der Waals surface area contributed by atoms with Crippen LogP contribution in [0.15, 0.2) is 42.5 Å². The number of rotatable bonds is 5. The van der Waals surface area contributed by atoms with Crippen LogP contribution in [0.2, 0.25) is 0 Å². The van der Waals surface area contributed by atoms with Gasteiger partial charge in [0.2, 0.25) is 0 Å². The van der Waals surface area contributed by atoms with Gasteiger partial charge in [-0.25, -0.2) is 0 Å². The summed E-state index contributed by atoms with van der Waals surface area (Å²) < 4.78 is 46.6. The molecule has 162 valence electrons. The fourth-order valence-corrected chi connectivity index (χ4v) is 3.46. The fourth-order valence-electron chi connectivity index (χ4n) is 3.46. The topological polar surface area (TPSA) is 33.7 Å². The molecule has 0 aromatic heterocycles. The Kier molecular flexibility index (Phi) is 9.55. The van der Waals surface area contributed by atoms with E-state index in [2.05, 4.69) is 15.0 Å². The van der Waals surface area contributed by atoms with Crippen molar-refractivity contribution in [1.82, 2.24) is 10.2 Å². The average molecular weight is 453 g/mol. The van der Waals surface area contributed by atoms with E-state index in [4.69, 9.17) is 4.74 Å². The van der Waals surface area contributed by atoms with Gasteiger partial charge in [-0.3, -0.25) is 4.90 Å². The summed E-state index contributed by atoms with van der Waals surface area (Å²) in [7, 11) is 1.63. The largest absolute Gasteiger partial charge is 0.573 e. The molecular weight excluding hydrogens is 428 g/mol. The lowest BCUT2D eigenvalue weighted by atomic mass is 9.93. The van der Waals surface area contributed by atoms with Crippen LogP contribution >= 0.6 is 24.8 Å². The second-order valence-electron chi connectivity index (χ2n) is 6.53. The molecule has 0 bridgehead atoms. The van der Waals surface area contributed by atoms with Gasteiger partial charge in [-0.1, -0.05) is 18.2 Å². The number of piperazine rings is 1. The molecular formula is C20H25Cl2F3N2O2. The Bertz CT molecular complexity index is 767. The first-order valence-electron chi connectivity index (χ1n) is 8.82. The summed E-state index contributed by atoms with van der Waals surface area (Å²) in [6.07, 6.45) is -4.69. The standard InChI is InChI=1S/C20H23F3N2O2.2ClH/c1-14-13-17(26-2)7-8-18(14)19(25-11-9-24-10-12-25)15-3-5-16(6-4-15)27-20(21,22)23;;/h3-8,13,19,24H,9-12H2,1-2H3;2*1H/t19-;;/m0../s1. The van der Waals surface area contributed by atoms with Crippen molar-refractivity contribution in [2.24, 2.45) is 0 Å². The molecule has 1 aliphatic rings. The van der Waals surface area contributed by atoms with Gasteiger partial charge >= 0.3 is 6.36 Å². The van der Waals surface area contributed by atoms with E-state index in [0.717, 1.165) is 48.6 Å². The zero-order chi connectivity index (χ0) is 19.4. The molecule has 0 amide bonds. The Hall–Kier alpha value is -1.67. The van der Waals surface area contributed by atoms with Gasteiger partial charge in [0.1, 0.15) is 11.5 Å². The summed E-state index contributed by atoms with van der Waals surface area (Å²) in [6, 6.07) is 12.0. The van der Waals surface area contributed by atoms with E-state index < -0.39 is 6.36 Å². The molecule has 1 heterocycles. The van der Waals surface area contributed by atoms with Crippen LogP contribution in [0.5, 0.6) is 11.5 Å². The Labute approximate surface area is 181 Å². The Balaban J connectivity index is 0.00000210. The summed E-state index contributed by atoms with van der Waals surface area (Å²) in [5.41, 5.74) is 3.12. The number of methoxy groups -OCH3 is 1. The van der Waals surface area contributed by atoms with Gasteiger partial charge in [-0.15, -0.1) is 38.0 Å². The van der Waals surface area contributed by atoms with Crippen LogP contribution in [-0.4, -0.2) is 44.6 Å². The first-order chi connectivity index (χ1) is 12.9. The number of halogens is 5. The SMILES string of the molecule is COc1ccc([C@H](c2ccc(OC(F)(F)F)cc2)N2CCNCC2)c(C)c1.Cl.Cl. The minimum Gasteiger partial charge on any atom is -0.497 e. The molecule has 0 aliphatic carbocycles. The van der Waals surface area contributed by atoms with Crippen LogP contribution in [-0.2, 0) is 0 Å². The lowest BCUT2D eigenvalue weighted by Gasteiger charge is -2.36. The van der Waals surface area contributed by atoms with Gasteiger partial charge in [-0.05, 0) is 47.9 Å². The van der Waals surface area contributed by atoms with E-state index >= 15 is 0 Å². The molecule has 1 atom stereocenters. The molecule has 1 saturated heterocycles. The first-order valence-corrected chi connectivity index (χ1v) is 8.82. The van der Waals surface area contributed by atoms with E-state index in [1.54, 1.807) is 19.2 Å². The number of nitrogens with zero attached hydrogens (tertiary/aromatic N) is 1. The summed E-state index contributed by atoms with van der Waals surface area (Å²) in [6.45, 7) is 5.49. The molecule has 3 rings (SSSR count). The van der Waals surface area contributed by atoms with Gasteiger partial charge in [0.15, 0.2) is 0 Å². The second kappa shape index (κ2) is 10.9. The zero-order valence-electron chi connectivity index (χ0n) is 16.2. The molecule has 1 aliphatic heterocycles. The van der Waals surface area contributed by atoms with Crippen molar-refractivity contribution in [3.05, 3.63) is 59.2 Å². The Morgan fingerprint density at radius 3 is 2.07 bits per heavy atom. The number of alkyl halides is 3. The van der Waals surface area contributed by atoms with Crippen molar-refractivity contribution < 1.29 is 22.6 Å². The number of hydrogen-bond acceptors (Lipinski definition) is 4. The predicted octanol–water partition coefficient (Wildman–Crippen LogP) is 4.74. The molecule has 0 radical (unpaired) electrons. The smallest absolute Gasteiger partial charge is 0.497 e. The molecule has 1 fully saturated rings. The highest BCUT2D eigenvalue weighted by atomic mass is 35.5. The summed E-state index contributed by atoms with van der Waals surface area (Å²) in [4.78, 5) is 2.34. The van der Waals surface area contributed by atoms with Crippen LogP contribution in [0.3, 0.4) is 0 Å². The highest BCUT2D eigenvalue weighted by molar-refractivity contribution is 5.85. The van der Waals surface area contributed by atoms with E-state index in [1.165, 1.54) is 12.1 Å². The minimum absolute atomic E-state index is 0. The van der Waals surface area contributed by atoms with E-state index in [0.29, 0.717) is 0 Å². The van der Waals surface area contributed by atoms with Gasteiger partial charge in [0.25, 0.3) is 0 Å². The molecule has 0 spiro atoms. The highest BCUT2D eigenvalue weighted by Gasteiger charge is 2.31. The van der Waals surface area contributed by atoms with Crippen molar-refractivity contribution in [1.29, 1.82) is 0 Å². The number of nitrogens with one attached hydrogen (secondary N) is 1. The molecule has 2 aromatic rings. The zero-order valence-corrected chi connectivity index (χ0v) is 17.8. The first kappa shape index (κ1) is 25.4. The predicted molar refractivity (Wildman–Crippen MR) is 112 cm³/mol. The lowest BCUT2D eigenvalue weighted by Crippen LogP contribution is -2.45. The summed E-state index contributed by atoms with van der Waals surface area (Å²) >= 11 is 0. The van der Waals surface area contributed by atoms with Crippen molar-refractivity contribution >= 4 is 24.8 Å². The van der Waals surface area contributed by atoms with Gasteiger partial charge in [0.05, 0.1) is 13.2 Å². The number of aryl methyl sites for hydroxylation is 1. The minimum atomic E-state index is -4.69. The number of ether oxygens (including phenoxy) is 2. The van der Waals surface area contributed by atoms with Crippen molar-refractivity contribution in [2.75, 3.05) is 33.3 Å². The van der Waals surface area contributed by atoms with Crippen molar-refractivity contribution in [3.8, 4) is 11.5 Å². The molecule has 0 unspecified atom stereocenters. The van der Waals surface area contributed by atoms with Crippen molar-refractivity contribution in [3.63, 3.8) is 0 Å². The number of hydrogen-bond donors (Lipinski definition) is 1. The number of benzene rings is 2. The highest BCUT2D eigenvalue weighted by Crippen LogP contribution is 2.34. The molecule has 1 N–H and O–H groups in total. The van der Waals surface area contributed by atoms with E-state index in [1.807, 2.05) is 25.1 Å². The van der Waals surface area contributed by atoms with Crippen LogP contribution in [0.1, 0.15) is 22.7 Å². The molecule has 9 heteroatoms. The van der Waals surface area contributed by atoms with Gasteiger partial charge in [0, 0.05) is 26.2 Å². The van der Waals surface area contributed by atoms with Crippen LogP contribution in [0.4, 0.5) is 13.2 Å². The van der Waals surface area contributed by atoms with Gasteiger partial charge in [-0.2, -0.15) is 0 Å². The van der Waals surface area contributed by atoms with Crippen molar-refractivity contribution in [2.45, 2.75) is 19.3 Å². The molecule has 29 heavy (non-hydrogen) atoms. The summed E-state index contributed by atoms with van der Waals surface area (Å²) in [5, 5.41) is 3.33.